The van der Waals surface area contributed by atoms with E-state index in [4.69, 9.17) is 14.0 Å². The van der Waals surface area contributed by atoms with Crippen LogP contribution in [0.3, 0.4) is 0 Å². The summed E-state index contributed by atoms with van der Waals surface area (Å²) >= 11 is 0. The van der Waals surface area contributed by atoms with E-state index in [0.717, 1.165) is 17.1 Å². The van der Waals surface area contributed by atoms with Gasteiger partial charge in [0.15, 0.2) is 0 Å². The molecule has 1 aromatic rings. The van der Waals surface area contributed by atoms with Crippen LogP contribution in [0.4, 0.5) is 0 Å². The van der Waals surface area contributed by atoms with Crippen molar-refractivity contribution in [3.63, 3.8) is 0 Å². The smallest absolute Gasteiger partial charge is 0.250 e. The molecule has 0 heterocycles. The molecule has 0 aromatic heterocycles. The molecule has 0 bridgehead atoms. The highest BCUT2D eigenvalue weighted by atomic mass is 28.4. The average Bonchev–Trinajstić information content (AvgIpc) is 2.44. The Kier molecular flexibility index (Phi) is 6.99. The van der Waals surface area contributed by atoms with Gasteiger partial charge in [-0.05, 0) is 54.0 Å². The van der Waals surface area contributed by atoms with Gasteiger partial charge in [-0.15, -0.1) is 0 Å². The zero-order valence-electron chi connectivity index (χ0n) is 18.4. The summed E-state index contributed by atoms with van der Waals surface area (Å²) in [5.74, 6) is 1.66. The maximum Gasteiger partial charge on any atom is 0.250 e. The van der Waals surface area contributed by atoms with Crippen molar-refractivity contribution in [1.29, 1.82) is 0 Å². The van der Waals surface area contributed by atoms with Gasteiger partial charge < -0.3 is 14.0 Å². The van der Waals surface area contributed by atoms with Crippen LogP contribution in [0.5, 0.6) is 11.5 Å². The van der Waals surface area contributed by atoms with Crippen LogP contribution in [0.25, 0.3) is 6.08 Å². The van der Waals surface area contributed by atoms with Crippen molar-refractivity contribution < 1.29 is 14.0 Å². The quantitative estimate of drug-likeness (QED) is 0.563. The maximum atomic E-state index is 9.06. The van der Waals surface area contributed by atoms with Gasteiger partial charge in [0.2, 0.25) is 0 Å². The Hall–Kier alpha value is -1.05. The van der Waals surface area contributed by atoms with Crippen LogP contribution in [-0.4, -0.2) is 28.3 Å². The summed E-state index contributed by atoms with van der Waals surface area (Å²) in [6.45, 7) is 22.5. The lowest BCUT2D eigenvalue weighted by Crippen LogP contribution is -2.45. The highest BCUT2D eigenvalue weighted by molar-refractivity contribution is 6.75. The molecule has 0 aliphatic rings. The lowest BCUT2D eigenvalue weighted by atomic mass is 10.2. The predicted octanol–water partition coefficient (Wildman–Crippen LogP) is 6.46. The third-order valence-electron chi connectivity index (χ3n) is 5.73. The zero-order chi connectivity index (χ0) is 20.4. The van der Waals surface area contributed by atoms with Crippen LogP contribution in [0.15, 0.2) is 24.3 Å². The molecule has 0 unspecified atom stereocenters. The van der Waals surface area contributed by atoms with Crippen molar-refractivity contribution in [2.45, 2.75) is 77.8 Å². The van der Waals surface area contributed by atoms with Gasteiger partial charge in [-0.3, -0.25) is 0 Å². The lowest BCUT2D eigenvalue weighted by molar-refractivity contribution is 0.343. The minimum atomic E-state index is -1.99. The standard InChI is InChI=1S/C21H38O3Si2/c1-20(2,3)25(7,8)23-18-14-13-17(12-11-15-22)16-19(18)24-26(9,10)21(4,5)6/h11-14,16,22H,15H2,1-10H3/b12-11+. The topological polar surface area (TPSA) is 38.7 Å². The maximum absolute atomic E-state index is 9.06. The van der Waals surface area contributed by atoms with Gasteiger partial charge in [0, 0.05) is 0 Å². The van der Waals surface area contributed by atoms with Crippen molar-refractivity contribution in [3.05, 3.63) is 29.8 Å². The number of hydrogen-bond acceptors (Lipinski definition) is 3. The minimum absolute atomic E-state index is 0.0284. The molecular weight excluding hydrogens is 356 g/mol. The van der Waals surface area contributed by atoms with Gasteiger partial charge in [-0.1, -0.05) is 59.8 Å². The zero-order valence-corrected chi connectivity index (χ0v) is 20.4. The molecule has 0 atom stereocenters. The van der Waals surface area contributed by atoms with E-state index < -0.39 is 16.6 Å². The fourth-order valence-electron chi connectivity index (χ4n) is 1.84. The molecule has 26 heavy (non-hydrogen) atoms. The summed E-state index contributed by atoms with van der Waals surface area (Å²) in [7, 11) is -3.95. The Morgan fingerprint density at radius 3 is 1.73 bits per heavy atom. The number of rotatable bonds is 6. The van der Waals surface area contributed by atoms with Gasteiger partial charge in [-0.2, -0.15) is 0 Å². The molecule has 0 saturated heterocycles. The van der Waals surface area contributed by atoms with Gasteiger partial charge in [0.1, 0.15) is 11.5 Å². The second-order valence-electron chi connectivity index (χ2n) is 10.0. The first-order chi connectivity index (χ1) is 11.6. The third kappa shape index (κ3) is 5.73. The van der Waals surface area contributed by atoms with Crippen LogP contribution in [0.1, 0.15) is 47.1 Å². The van der Waals surface area contributed by atoms with Crippen molar-refractivity contribution in [2.75, 3.05) is 6.61 Å². The van der Waals surface area contributed by atoms with E-state index in [2.05, 4.69) is 67.7 Å². The van der Waals surface area contributed by atoms with E-state index >= 15 is 0 Å². The molecule has 0 fully saturated rings. The van der Waals surface area contributed by atoms with Crippen molar-refractivity contribution in [2.24, 2.45) is 0 Å². The largest absolute Gasteiger partial charge is 0.541 e. The Morgan fingerprint density at radius 1 is 0.846 bits per heavy atom. The number of aliphatic hydroxyl groups excluding tert-OH is 1. The Balaban J connectivity index is 3.35. The highest BCUT2D eigenvalue weighted by Gasteiger charge is 2.42. The number of hydrogen-bond donors (Lipinski definition) is 1. The summed E-state index contributed by atoms with van der Waals surface area (Å²) in [5, 5.41) is 9.29. The molecule has 0 spiro atoms. The molecule has 0 aliphatic carbocycles. The summed E-state index contributed by atoms with van der Waals surface area (Å²) < 4.78 is 13.2. The van der Waals surface area contributed by atoms with Gasteiger partial charge in [0.05, 0.1) is 6.61 Å². The summed E-state index contributed by atoms with van der Waals surface area (Å²) in [5.41, 5.74) is 1.01. The first kappa shape index (κ1) is 23.0. The van der Waals surface area contributed by atoms with E-state index in [1.165, 1.54) is 0 Å². The molecule has 148 valence electrons. The summed E-state index contributed by atoms with van der Waals surface area (Å²) in [6, 6.07) is 6.07. The normalized spacial score (nSPS) is 14.0. The third-order valence-corrected chi connectivity index (χ3v) is 14.4. The monoisotopic (exact) mass is 394 g/mol. The van der Waals surface area contributed by atoms with Crippen molar-refractivity contribution in [1.82, 2.24) is 0 Å². The number of benzene rings is 1. The Morgan fingerprint density at radius 2 is 1.31 bits per heavy atom. The second-order valence-corrected chi connectivity index (χ2v) is 19.5. The van der Waals surface area contributed by atoms with Crippen LogP contribution >= 0.6 is 0 Å². The molecule has 1 rings (SSSR count). The molecule has 5 heteroatoms. The van der Waals surface area contributed by atoms with Gasteiger partial charge in [0.25, 0.3) is 16.6 Å². The molecule has 3 nitrogen and oxygen atoms in total. The molecule has 1 N–H and O–H groups in total. The lowest BCUT2D eigenvalue weighted by Gasteiger charge is -2.39. The SMILES string of the molecule is CC(C)(C)[Si](C)(C)Oc1ccc(/C=C/CO)cc1O[Si](C)(C)C(C)(C)C. The van der Waals surface area contributed by atoms with E-state index in [1.54, 1.807) is 6.08 Å². The van der Waals surface area contributed by atoms with E-state index in [0.29, 0.717) is 0 Å². The first-order valence-electron chi connectivity index (χ1n) is 9.40. The van der Waals surface area contributed by atoms with Crippen LogP contribution in [0, 0.1) is 0 Å². The molecular formula is C21H38O3Si2. The highest BCUT2D eigenvalue weighted by Crippen LogP contribution is 2.43. The molecule has 0 amide bonds. The van der Waals surface area contributed by atoms with Crippen molar-refractivity contribution >= 4 is 22.7 Å². The van der Waals surface area contributed by atoms with E-state index in [-0.39, 0.29) is 16.7 Å². The predicted molar refractivity (Wildman–Crippen MR) is 118 cm³/mol. The summed E-state index contributed by atoms with van der Waals surface area (Å²) in [4.78, 5) is 0. The van der Waals surface area contributed by atoms with Crippen molar-refractivity contribution in [3.8, 4) is 11.5 Å². The summed E-state index contributed by atoms with van der Waals surface area (Å²) in [6.07, 6.45) is 3.65. The van der Waals surface area contributed by atoms with Crippen LogP contribution in [0.2, 0.25) is 36.3 Å². The van der Waals surface area contributed by atoms with E-state index in [1.807, 2.05) is 24.3 Å². The number of aliphatic hydroxyl groups is 1. The Bertz CT molecular complexity index is 636. The Labute approximate surface area is 162 Å². The second kappa shape index (κ2) is 7.91. The molecule has 0 aliphatic heterocycles. The van der Waals surface area contributed by atoms with Crippen LogP contribution in [-0.2, 0) is 0 Å². The molecule has 1 aromatic carbocycles. The fourth-order valence-corrected chi connectivity index (χ4v) is 3.88. The first-order valence-corrected chi connectivity index (χ1v) is 15.2. The van der Waals surface area contributed by atoms with E-state index in [9.17, 15) is 0 Å². The van der Waals surface area contributed by atoms with Crippen LogP contribution < -0.4 is 8.85 Å². The van der Waals surface area contributed by atoms with Gasteiger partial charge in [-0.25, -0.2) is 0 Å². The van der Waals surface area contributed by atoms with Gasteiger partial charge >= 0.3 is 0 Å². The fraction of sp³-hybridized carbons (Fsp3) is 0.619. The minimum Gasteiger partial charge on any atom is -0.541 e. The average molecular weight is 395 g/mol. The molecule has 0 saturated carbocycles. The molecule has 0 radical (unpaired) electrons.